The van der Waals surface area contributed by atoms with Gasteiger partial charge >= 0.3 is 0 Å². The van der Waals surface area contributed by atoms with Gasteiger partial charge in [-0.15, -0.1) is 0 Å². The van der Waals surface area contributed by atoms with Crippen molar-refractivity contribution in [1.29, 1.82) is 0 Å². The van der Waals surface area contributed by atoms with Crippen LogP contribution in [-0.4, -0.2) is 11.8 Å². The molecule has 2 nitrogen and oxygen atoms in total. The molecule has 21 heavy (non-hydrogen) atoms. The summed E-state index contributed by atoms with van der Waals surface area (Å²) >= 11 is 0. The van der Waals surface area contributed by atoms with Crippen molar-refractivity contribution in [2.45, 2.75) is 69.7 Å². The highest BCUT2D eigenvalue weighted by atomic mass is 16.1. The minimum absolute atomic E-state index is 0.0961. The molecule has 0 aliphatic heterocycles. The van der Waals surface area contributed by atoms with E-state index in [0.29, 0.717) is 18.1 Å². The van der Waals surface area contributed by atoms with E-state index in [2.05, 4.69) is 24.3 Å². The van der Waals surface area contributed by atoms with E-state index >= 15 is 0 Å². The summed E-state index contributed by atoms with van der Waals surface area (Å²) in [6, 6.07) is 8.77. The molecule has 2 heteroatoms. The van der Waals surface area contributed by atoms with Gasteiger partial charge in [-0.3, -0.25) is 4.79 Å². The fourth-order valence-corrected chi connectivity index (χ4v) is 4.20. The van der Waals surface area contributed by atoms with Crippen LogP contribution in [0.1, 0.15) is 68.4 Å². The summed E-state index contributed by atoms with van der Waals surface area (Å²) in [6.45, 7) is 0. The van der Waals surface area contributed by atoms with Crippen molar-refractivity contribution in [3.05, 3.63) is 35.4 Å². The molecular formula is C19H27NO. The van der Waals surface area contributed by atoms with Crippen molar-refractivity contribution < 1.29 is 4.79 Å². The Morgan fingerprint density at radius 3 is 2.76 bits per heavy atom. The molecule has 0 aromatic heterocycles. The number of ketones is 1. The molecule has 2 N–H and O–H groups in total. The van der Waals surface area contributed by atoms with E-state index in [4.69, 9.17) is 5.73 Å². The van der Waals surface area contributed by atoms with Crippen molar-refractivity contribution in [2.24, 2.45) is 11.7 Å². The van der Waals surface area contributed by atoms with Crippen LogP contribution in [0, 0.1) is 5.92 Å². The van der Waals surface area contributed by atoms with Crippen LogP contribution in [0.15, 0.2) is 24.3 Å². The van der Waals surface area contributed by atoms with E-state index in [9.17, 15) is 4.79 Å². The Balaban J connectivity index is 1.70. The van der Waals surface area contributed by atoms with Gasteiger partial charge in [-0.05, 0) is 49.1 Å². The average molecular weight is 285 g/mol. The minimum Gasteiger partial charge on any atom is -0.327 e. The molecule has 1 fully saturated rings. The summed E-state index contributed by atoms with van der Waals surface area (Å²) < 4.78 is 0. The van der Waals surface area contributed by atoms with E-state index < -0.39 is 0 Å². The molecule has 0 bridgehead atoms. The summed E-state index contributed by atoms with van der Waals surface area (Å²) in [4.78, 5) is 12.8. The largest absolute Gasteiger partial charge is 0.327 e. The standard InChI is InChI=1S/C19H27NO/c20-18-12-3-1-2-11-17(18)19(21)13-15-9-6-8-14-7-4-5-10-16(14)15/h4-5,7,10,15,17-18H,1-3,6,8-9,11-13,20H2. The van der Waals surface area contributed by atoms with Crippen molar-refractivity contribution in [2.75, 3.05) is 0 Å². The zero-order valence-corrected chi connectivity index (χ0v) is 12.9. The Kier molecular flexibility index (Phi) is 4.74. The lowest BCUT2D eigenvalue weighted by Crippen LogP contribution is -2.35. The number of carbonyl (C=O) groups excluding carboxylic acids is 1. The molecule has 3 rings (SSSR count). The second kappa shape index (κ2) is 6.74. The summed E-state index contributed by atoms with van der Waals surface area (Å²) in [7, 11) is 0. The molecule has 0 radical (unpaired) electrons. The Hall–Kier alpha value is -1.15. The monoisotopic (exact) mass is 285 g/mol. The zero-order chi connectivity index (χ0) is 14.7. The molecule has 3 unspecified atom stereocenters. The van der Waals surface area contributed by atoms with Crippen LogP contribution in [0.4, 0.5) is 0 Å². The molecule has 2 aliphatic rings. The molecule has 114 valence electrons. The number of carbonyl (C=O) groups is 1. The van der Waals surface area contributed by atoms with Crippen molar-refractivity contribution in [3.8, 4) is 0 Å². The molecule has 1 saturated carbocycles. The zero-order valence-electron chi connectivity index (χ0n) is 12.9. The maximum atomic E-state index is 12.8. The van der Waals surface area contributed by atoms with Gasteiger partial charge in [0.15, 0.2) is 0 Å². The lowest BCUT2D eigenvalue weighted by Gasteiger charge is -2.27. The quantitative estimate of drug-likeness (QED) is 0.854. The van der Waals surface area contributed by atoms with Crippen LogP contribution in [0.2, 0.25) is 0 Å². The van der Waals surface area contributed by atoms with E-state index in [0.717, 1.165) is 19.3 Å². The fraction of sp³-hybridized carbons (Fsp3) is 0.632. The summed E-state index contributed by atoms with van der Waals surface area (Å²) in [5.74, 6) is 0.964. The van der Waals surface area contributed by atoms with Crippen molar-refractivity contribution in [1.82, 2.24) is 0 Å². The highest BCUT2D eigenvalue weighted by molar-refractivity contribution is 5.82. The van der Waals surface area contributed by atoms with Crippen LogP contribution in [0.5, 0.6) is 0 Å². The van der Waals surface area contributed by atoms with Gasteiger partial charge in [0, 0.05) is 18.4 Å². The summed E-state index contributed by atoms with van der Waals surface area (Å²) in [6.07, 6.45) is 9.88. The third kappa shape index (κ3) is 3.37. The predicted octanol–water partition coefficient (Wildman–Crippen LogP) is 3.97. The van der Waals surface area contributed by atoms with Gasteiger partial charge in [0.25, 0.3) is 0 Å². The summed E-state index contributed by atoms with van der Waals surface area (Å²) in [5.41, 5.74) is 9.13. The van der Waals surface area contributed by atoms with Gasteiger partial charge in [-0.1, -0.05) is 43.5 Å². The van der Waals surface area contributed by atoms with Gasteiger partial charge in [-0.2, -0.15) is 0 Å². The van der Waals surface area contributed by atoms with Crippen molar-refractivity contribution in [3.63, 3.8) is 0 Å². The summed E-state index contributed by atoms with van der Waals surface area (Å²) in [5, 5.41) is 0. The number of nitrogens with two attached hydrogens (primary N) is 1. The minimum atomic E-state index is 0.0961. The molecule has 0 spiro atoms. The number of Topliss-reactive ketones (excluding diaryl/α,β-unsaturated/α-hetero) is 1. The molecule has 1 aromatic rings. The Bertz CT molecular complexity index is 496. The first kappa shape index (κ1) is 14.8. The Morgan fingerprint density at radius 2 is 1.86 bits per heavy atom. The highest BCUT2D eigenvalue weighted by Gasteiger charge is 2.30. The van der Waals surface area contributed by atoms with Gasteiger partial charge < -0.3 is 5.73 Å². The van der Waals surface area contributed by atoms with Crippen LogP contribution in [-0.2, 0) is 11.2 Å². The maximum Gasteiger partial charge on any atom is 0.138 e. The highest BCUT2D eigenvalue weighted by Crippen LogP contribution is 2.36. The Labute approximate surface area is 128 Å². The number of fused-ring (bicyclic) bond motifs is 1. The lowest BCUT2D eigenvalue weighted by molar-refractivity contribution is -0.124. The first-order chi connectivity index (χ1) is 10.3. The van der Waals surface area contributed by atoms with Crippen LogP contribution < -0.4 is 5.73 Å². The molecule has 0 amide bonds. The first-order valence-electron chi connectivity index (χ1n) is 8.62. The third-order valence-corrected chi connectivity index (χ3v) is 5.42. The molecule has 0 saturated heterocycles. The second-order valence-electron chi connectivity index (χ2n) is 6.87. The Morgan fingerprint density at radius 1 is 1.05 bits per heavy atom. The third-order valence-electron chi connectivity index (χ3n) is 5.42. The van der Waals surface area contributed by atoms with Crippen LogP contribution in [0.25, 0.3) is 0 Å². The van der Waals surface area contributed by atoms with Gasteiger partial charge in [0.05, 0.1) is 0 Å². The van der Waals surface area contributed by atoms with Crippen molar-refractivity contribution >= 4 is 5.78 Å². The van der Waals surface area contributed by atoms with Gasteiger partial charge in [-0.25, -0.2) is 0 Å². The molecule has 1 aromatic carbocycles. The van der Waals surface area contributed by atoms with Gasteiger partial charge in [0.1, 0.15) is 5.78 Å². The first-order valence-corrected chi connectivity index (χ1v) is 8.62. The molecule has 3 atom stereocenters. The second-order valence-corrected chi connectivity index (χ2v) is 6.87. The number of benzene rings is 1. The topological polar surface area (TPSA) is 43.1 Å². The SMILES string of the molecule is NC1CCCCCC1C(=O)CC1CCCc2ccccc21. The smallest absolute Gasteiger partial charge is 0.138 e. The average Bonchev–Trinajstić information content (AvgIpc) is 2.72. The van der Waals surface area contributed by atoms with E-state index in [1.807, 2.05) is 0 Å². The predicted molar refractivity (Wildman–Crippen MR) is 86.3 cm³/mol. The normalized spacial score (nSPS) is 29.5. The number of hydrogen-bond acceptors (Lipinski definition) is 2. The van der Waals surface area contributed by atoms with Crippen LogP contribution >= 0.6 is 0 Å². The van der Waals surface area contributed by atoms with Crippen LogP contribution in [0.3, 0.4) is 0 Å². The molecular weight excluding hydrogens is 258 g/mol. The van der Waals surface area contributed by atoms with E-state index in [-0.39, 0.29) is 12.0 Å². The molecule has 2 aliphatic carbocycles. The van der Waals surface area contributed by atoms with E-state index in [1.165, 1.54) is 43.2 Å². The number of aryl methyl sites for hydroxylation is 1. The fourth-order valence-electron chi connectivity index (χ4n) is 4.20. The lowest BCUT2D eigenvalue weighted by atomic mass is 9.77. The number of rotatable bonds is 3. The maximum absolute atomic E-state index is 12.8. The molecule has 0 heterocycles. The van der Waals surface area contributed by atoms with E-state index in [1.54, 1.807) is 0 Å². The van der Waals surface area contributed by atoms with Gasteiger partial charge in [0.2, 0.25) is 0 Å². The number of hydrogen-bond donors (Lipinski definition) is 1.